The van der Waals surface area contributed by atoms with Crippen molar-refractivity contribution < 1.29 is 0 Å². The van der Waals surface area contributed by atoms with Crippen LogP contribution in [0, 0.1) is 0 Å². The quantitative estimate of drug-likeness (QED) is 0.119. The van der Waals surface area contributed by atoms with Crippen molar-refractivity contribution in [3.05, 3.63) is 262 Å². The second kappa shape index (κ2) is 18.8. The highest BCUT2D eigenvalue weighted by Gasteiger charge is 2.53. The average molecular weight is 1070 g/mol. The number of allylic oxidation sites excluding steroid dienone is 3. The molecular weight excluding hydrogens is 997 g/mol. The predicted molar refractivity (Wildman–Crippen MR) is 345 cm³/mol. The molecule has 15 rings (SSSR count). The first-order chi connectivity index (χ1) is 39.3. The van der Waals surface area contributed by atoms with Crippen LogP contribution >= 0.6 is 0 Å². The summed E-state index contributed by atoms with van der Waals surface area (Å²) in [5.41, 5.74) is 26.1. The van der Waals surface area contributed by atoms with Crippen LogP contribution in [-0.4, -0.2) is 22.7 Å². The molecule has 0 saturated carbocycles. The number of aryl methyl sites for hydroxylation is 2. The Bertz CT molecular complexity index is 3910. The number of fused-ring (bicyclic) bond motifs is 16. The van der Waals surface area contributed by atoms with Gasteiger partial charge in [0.25, 0.3) is 0 Å². The topological polar surface area (TPSA) is 6.48 Å². The van der Waals surface area contributed by atoms with Gasteiger partial charge in [-0.3, -0.25) is 0 Å². The number of hydrogen-bond acceptors (Lipinski definition) is 2. The molecule has 9 aromatic rings. The first-order valence-electron chi connectivity index (χ1n) is 30.2. The molecule has 0 amide bonds. The lowest BCUT2D eigenvalue weighted by Gasteiger charge is -2.44. The highest BCUT2D eigenvalue weighted by atomic mass is 28.3. The number of para-hydroxylation sites is 4. The molecule has 4 heteroatoms. The fourth-order valence-electron chi connectivity index (χ4n) is 17.1. The summed E-state index contributed by atoms with van der Waals surface area (Å²) < 4.78 is 0. The molecule has 9 aromatic carbocycles. The van der Waals surface area contributed by atoms with E-state index < -0.39 is 16.1 Å². The van der Waals surface area contributed by atoms with Gasteiger partial charge in [0.15, 0.2) is 0 Å². The maximum absolute atomic E-state index is 2.62. The molecule has 0 unspecified atom stereocenters. The fraction of sp³-hybridized carbons (Fsp3) is 0.237. The van der Waals surface area contributed by atoms with Crippen molar-refractivity contribution in [3.8, 4) is 22.3 Å². The minimum atomic E-state index is -1.92. The Morgan fingerprint density at radius 3 is 1.54 bits per heavy atom. The van der Waals surface area contributed by atoms with Gasteiger partial charge < -0.3 is 9.80 Å². The molecule has 3 aliphatic heterocycles. The third-order valence-corrected chi connectivity index (χ3v) is 31.4. The summed E-state index contributed by atoms with van der Waals surface area (Å²) >= 11 is 0. The number of anilines is 5. The second-order valence-electron chi connectivity index (χ2n) is 24.6. The smallest absolute Gasteiger partial charge is 0.123 e. The van der Waals surface area contributed by atoms with E-state index in [4.69, 9.17) is 0 Å². The van der Waals surface area contributed by atoms with Gasteiger partial charge in [0.1, 0.15) is 16.1 Å². The zero-order chi connectivity index (χ0) is 54.0. The third kappa shape index (κ3) is 6.88. The van der Waals surface area contributed by atoms with Crippen molar-refractivity contribution in [3.63, 3.8) is 0 Å². The van der Waals surface area contributed by atoms with Gasteiger partial charge in [0, 0.05) is 40.4 Å². The molecule has 1 saturated heterocycles. The predicted octanol–water partition coefficient (Wildman–Crippen LogP) is 17.1. The number of benzene rings is 9. The molecule has 0 radical (unpaired) electrons. The van der Waals surface area contributed by atoms with Crippen molar-refractivity contribution in [2.24, 2.45) is 0 Å². The maximum Gasteiger partial charge on any atom is 0.123 e. The number of hydrogen-bond donors (Lipinski definition) is 0. The molecule has 0 N–H and O–H groups in total. The molecule has 80 heavy (non-hydrogen) atoms. The van der Waals surface area contributed by atoms with E-state index in [0.717, 1.165) is 25.8 Å². The van der Waals surface area contributed by atoms with Crippen LogP contribution in [0.1, 0.15) is 105 Å². The number of rotatable bonds is 11. The summed E-state index contributed by atoms with van der Waals surface area (Å²) in [4.78, 5) is 5.22. The van der Waals surface area contributed by atoms with Gasteiger partial charge in [0.05, 0.1) is 5.41 Å². The van der Waals surface area contributed by atoms with Crippen molar-refractivity contribution in [2.75, 3.05) is 16.3 Å². The fourth-order valence-corrected chi connectivity index (χ4v) is 27.7. The van der Waals surface area contributed by atoms with E-state index in [1.54, 1.807) is 20.7 Å². The molecule has 2 nitrogen and oxygen atoms in total. The van der Waals surface area contributed by atoms with E-state index in [1.807, 2.05) is 0 Å². The van der Waals surface area contributed by atoms with Crippen LogP contribution in [0.5, 0.6) is 0 Å². The van der Waals surface area contributed by atoms with Gasteiger partial charge in [-0.1, -0.05) is 236 Å². The van der Waals surface area contributed by atoms with Crippen molar-refractivity contribution in [1.29, 1.82) is 0 Å². The lowest BCUT2D eigenvalue weighted by molar-refractivity contribution is 0.659. The van der Waals surface area contributed by atoms with Crippen LogP contribution in [0.25, 0.3) is 27.8 Å². The van der Waals surface area contributed by atoms with Gasteiger partial charge in [-0.25, -0.2) is 0 Å². The number of nitrogens with zero attached hydrogens (tertiary/aromatic N) is 2. The Kier molecular flexibility index (Phi) is 11.6. The zero-order valence-corrected chi connectivity index (χ0v) is 49.4. The summed E-state index contributed by atoms with van der Waals surface area (Å²) in [5.74, 6) is 0. The Hall–Kier alpha value is -7.51. The van der Waals surface area contributed by atoms with Gasteiger partial charge in [-0.15, -0.1) is 0 Å². The largest absolute Gasteiger partial charge is 0.338 e. The Balaban J connectivity index is 0.765. The van der Waals surface area contributed by atoms with Crippen LogP contribution in [-0.2, 0) is 23.7 Å². The lowest BCUT2D eigenvalue weighted by atomic mass is 9.68. The molecule has 3 heterocycles. The van der Waals surface area contributed by atoms with E-state index in [0.29, 0.717) is 0 Å². The van der Waals surface area contributed by atoms with E-state index in [-0.39, 0.29) is 10.8 Å². The summed E-state index contributed by atoms with van der Waals surface area (Å²) in [7, 11) is -3.73. The highest BCUT2D eigenvalue weighted by molar-refractivity contribution is 7.05. The lowest BCUT2D eigenvalue weighted by Crippen LogP contribution is -2.62. The van der Waals surface area contributed by atoms with E-state index in [9.17, 15) is 0 Å². The first-order valence-corrected chi connectivity index (χ1v) is 35.1. The molecule has 6 aliphatic rings. The van der Waals surface area contributed by atoms with Crippen LogP contribution in [0.3, 0.4) is 0 Å². The third-order valence-electron chi connectivity index (χ3n) is 20.6. The summed E-state index contributed by atoms with van der Waals surface area (Å²) in [6.45, 7) is 13.0. The SMILES string of the molecule is CCC[Si]1(CC)c2ccccc2N(CC=CC2=C(CC)C3(c4cc(CCc5ccc6c(c5)C(C)(C)c5cc(N7c8ccccc8[Si]8(CCCC8)c8ccccc87)ccc5-6)ccc42)c2ccccc2-c2ccccc23)c2ccccc21. The van der Waals surface area contributed by atoms with Gasteiger partial charge >= 0.3 is 0 Å². The zero-order valence-electron chi connectivity index (χ0n) is 47.4. The first kappa shape index (κ1) is 49.5. The van der Waals surface area contributed by atoms with E-state index >= 15 is 0 Å². The van der Waals surface area contributed by atoms with Crippen LogP contribution in [0.15, 0.2) is 218 Å². The van der Waals surface area contributed by atoms with Crippen molar-refractivity contribution in [1.82, 2.24) is 0 Å². The minimum absolute atomic E-state index is 0.139. The summed E-state index contributed by atoms with van der Waals surface area (Å²) in [6.07, 6.45) is 11.8. The Morgan fingerprint density at radius 2 is 0.963 bits per heavy atom. The molecular formula is C76H72N2Si2. The van der Waals surface area contributed by atoms with Gasteiger partial charge in [-0.2, -0.15) is 0 Å². The molecule has 0 bridgehead atoms. The molecule has 0 atom stereocenters. The van der Waals surface area contributed by atoms with Crippen LogP contribution in [0.4, 0.5) is 28.4 Å². The normalized spacial score (nSPS) is 17.5. The van der Waals surface area contributed by atoms with Crippen molar-refractivity contribution in [2.45, 2.75) is 108 Å². The maximum atomic E-state index is 2.62. The Labute approximate surface area is 477 Å². The summed E-state index contributed by atoms with van der Waals surface area (Å²) in [5, 5.41) is 6.47. The molecule has 394 valence electrons. The second-order valence-corrected chi connectivity index (χ2v) is 33.3. The standard InChI is InChI=1S/C76H72N2Si2/c1-6-46-79(8-3)71-33-17-13-29-67(71)77(68-30-14-18-34-72(68)79)45-23-26-55-60-43-40-53(50-66(60)76(61(55)7-2)62-27-11-9-24-56(62)57-25-10-12-28-63(57)76)38-37-52-39-42-58-59-44-41-54(51-65(59)75(4,5)64(58)49-52)78-69-31-15-19-35-73(69)80(47-21-22-48-80)74-36-20-16-32-70(74)78/h9-20,23-36,39-44,49-51H,6-8,21-22,37-38,45-48H2,1-5H3. The van der Waals surface area contributed by atoms with Crippen LogP contribution in [0.2, 0.25) is 24.2 Å². The average Bonchev–Trinajstić information content (AvgIpc) is 4.36. The van der Waals surface area contributed by atoms with E-state index in [1.165, 1.54) is 150 Å². The Morgan fingerprint density at radius 1 is 0.475 bits per heavy atom. The monoisotopic (exact) mass is 1070 g/mol. The van der Waals surface area contributed by atoms with Gasteiger partial charge in [0.2, 0.25) is 0 Å². The minimum Gasteiger partial charge on any atom is -0.338 e. The molecule has 2 spiro atoms. The highest BCUT2D eigenvalue weighted by Crippen LogP contribution is 2.63. The molecule has 3 aliphatic carbocycles. The summed E-state index contributed by atoms with van der Waals surface area (Å²) in [6, 6.07) is 83.8. The van der Waals surface area contributed by atoms with E-state index in [2.05, 4.69) is 257 Å². The van der Waals surface area contributed by atoms with Gasteiger partial charge in [-0.05, 0) is 172 Å². The molecule has 0 aromatic heterocycles. The van der Waals surface area contributed by atoms with Crippen molar-refractivity contribution >= 4 is 70.9 Å². The van der Waals surface area contributed by atoms with Crippen LogP contribution < -0.4 is 30.5 Å². The molecule has 1 fully saturated rings.